The van der Waals surface area contributed by atoms with E-state index in [0.717, 1.165) is 6.07 Å². The van der Waals surface area contributed by atoms with Crippen LogP contribution in [0.3, 0.4) is 0 Å². The van der Waals surface area contributed by atoms with E-state index in [9.17, 15) is 40.5 Å². The molecular formula is C28H32O14. The Morgan fingerprint density at radius 3 is 2.21 bits per heavy atom. The molecule has 2 aliphatic heterocycles. The largest absolute Gasteiger partial charge is 0.507 e. The third-order valence-electron chi connectivity index (χ3n) is 7.33. The Bertz CT molecular complexity index is 1440. The number of hydrogen-bond acceptors (Lipinski definition) is 14. The molecule has 0 amide bonds. The predicted molar refractivity (Wildman–Crippen MR) is 142 cm³/mol. The molecule has 0 radical (unpaired) electrons. The molecule has 0 saturated carbocycles. The Labute approximate surface area is 238 Å². The van der Waals surface area contributed by atoms with Gasteiger partial charge in [0.15, 0.2) is 17.8 Å². The van der Waals surface area contributed by atoms with E-state index in [-0.39, 0.29) is 22.5 Å². The van der Waals surface area contributed by atoms with Gasteiger partial charge < -0.3 is 63.8 Å². The van der Waals surface area contributed by atoms with Crippen molar-refractivity contribution in [3.8, 4) is 28.6 Å². The number of aromatic hydroxyl groups is 1. The molecule has 0 bridgehead atoms. The molecule has 1 aromatic heterocycles. The second kappa shape index (κ2) is 12.1. The van der Waals surface area contributed by atoms with Crippen LogP contribution in [0, 0.1) is 0 Å². The highest BCUT2D eigenvalue weighted by Crippen LogP contribution is 2.35. The molecule has 42 heavy (non-hydrogen) atoms. The van der Waals surface area contributed by atoms with E-state index in [4.69, 9.17) is 28.1 Å². The first-order valence-corrected chi connectivity index (χ1v) is 13.1. The second-order valence-corrected chi connectivity index (χ2v) is 10.1. The highest BCUT2D eigenvalue weighted by atomic mass is 16.8. The molecular weight excluding hydrogens is 560 g/mol. The number of rotatable bonds is 7. The fourth-order valence-corrected chi connectivity index (χ4v) is 4.92. The van der Waals surface area contributed by atoms with E-state index in [1.807, 2.05) is 0 Å². The highest BCUT2D eigenvalue weighted by molar-refractivity contribution is 5.86. The minimum atomic E-state index is -1.75. The number of phenols is 1. The van der Waals surface area contributed by atoms with Crippen LogP contribution >= 0.6 is 0 Å². The van der Waals surface area contributed by atoms with Crippen LogP contribution in [-0.4, -0.2) is 111 Å². The van der Waals surface area contributed by atoms with Crippen LogP contribution in [-0.2, 0) is 14.2 Å². The summed E-state index contributed by atoms with van der Waals surface area (Å²) in [5.41, 5.74) is -0.0218. The van der Waals surface area contributed by atoms with Crippen molar-refractivity contribution in [3.05, 3.63) is 52.7 Å². The summed E-state index contributed by atoms with van der Waals surface area (Å²) < 4.78 is 33.7. The van der Waals surface area contributed by atoms with Gasteiger partial charge in [0.1, 0.15) is 70.6 Å². The molecule has 2 aliphatic rings. The van der Waals surface area contributed by atoms with E-state index in [1.165, 1.54) is 26.2 Å². The molecule has 2 fully saturated rings. The normalized spacial score (nSPS) is 33.4. The number of phenolic OH excluding ortho intramolecular Hbond substituents is 1. The Morgan fingerprint density at radius 2 is 1.55 bits per heavy atom. The monoisotopic (exact) mass is 592 g/mol. The molecule has 7 N–H and O–H groups in total. The van der Waals surface area contributed by atoms with Gasteiger partial charge in [-0.15, -0.1) is 0 Å². The molecule has 2 saturated heterocycles. The van der Waals surface area contributed by atoms with E-state index < -0.39 is 79.2 Å². The average Bonchev–Trinajstić information content (AvgIpc) is 2.97. The zero-order valence-corrected chi connectivity index (χ0v) is 22.5. The van der Waals surface area contributed by atoms with Crippen molar-refractivity contribution in [2.24, 2.45) is 0 Å². The molecule has 0 spiro atoms. The maximum absolute atomic E-state index is 12.9. The lowest BCUT2D eigenvalue weighted by Crippen LogP contribution is -2.64. The first-order chi connectivity index (χ1) is 20.0. The van der Waals surface area contributed by atoms with Gasteiger partial charge in [-0.25, -0.2) is 0 Å². The number of hydrogen-bond donors (Lipinski definition) is 7. The molecule has 10 atom stereocenters. The fourth-order valence-electron chi connectivity index (χ4n) is 4.92. The predicted octanol–water partition coefficient (Wildman–Crippen LogP) is -0.795. The van der Waals surface area contributed by atoms with E-state index in [2.05, 4.69) is 0 Å². The third-order valence-corrected chi connectivity index (χ3v) is 7.33. The van der Waals surface area contributed by atoms with Crippen LogP contribution in [0.1, 0.15) is 6.92 Å². The number of ether oxygens (including phenoxy) is 5. The summed E-state index contributed by atoms with van der Waals surface area (Å²) in [7, 11) is 1.52. The van der Waals surface area contributed by atoms with Gasteiger partial charge in [0, 0.05) is 23.8 Å². The van der Waals surface area contributed by atoms with Gasteiger partial charge in [0.05, 0.1) is 19.8 Å². The zero-order valence-electron chi connectivity index (χ0n) is 22.5. The van der Waals surface area contributed by atoms with E-state index in [1.54, 1.807) is 24.3 Å². The lowest BCUT2D eigenvalue weighted by atomic mass is 9.97. The molecule has 228 valence electrons. The maximum atomic E-state index is 12.9. The summed E-state index contributed by atoms with van der Waals surface area (Å²) in [5.74, 6) is 0.197. The molecule has 0 unspecified atom stereocenters. The summed E-state index contributed by atoms with van der Waals surface area (Å²) in [6.07, 6.45) is -15.2. The molecule has 3 heterocycles. The topological polar surface area (TPSA) is 218 Å². The number of fused-ring (bicyclic) bond motifs is 1. The smallest absolute Gasteiger partial charge is 0.229 e. The van der Waals surface area contributed by atoms with Crippen molar-refractivity contribution < 1.29 is 63.8 Å². The van der Waals surface area contributed by atoms with Crippen LogP contribution < -0.4 is 14.9 Å². The number of methoxy groups -OCH3 is 1. The van der Waals surface area contributed by atoms with Crippen molar-refractivity contribution in [2.45, 2.75) is 68.3 Å². The van der Waals surface area contributed by atoms with Crippen molar-refractivity contribution >= 4 is 11.0 Å². The summed E-state index contributed by atoms with van der Waals surface area (Å²) in [5, 5.41) is 72.1. The minimum absolute atomic E-state index is 0.0483. The lowest BCUT2D eigenvalue weighted by molar-refractivity contribution is -0.354. The Kier molecular flexibility index (Phi) is 8.71. The average molecular weight is 593 g/mol. The first kappa shape index (κ1) is 30.2. The summed E-state index contributed by atoms with van der Waals surface area (Å²) in [6.45, 7) is 0.721. The third kappa shape index (κ3) is 5.68. The van der Waals surface area contributed by atoms with Gasteiger partial charge in [0.2, 0.25) is 6.29 Å². The highest BCUT2D eigenvalue weighted by Gasteiger charge is 2.50. The molecule has 14 nitrogen and oxygen atoms in total. The SMILES string of the molecule is COc1ccc(-c2cc(=O)c3c(O)cc(O[C@@H]4O[C@H](CO)[C@@H](O)[C@H](O)[C@@H]4O[C@@H]4O[C@H](C)[C@H](O)[C@H](O)[C@H]4O)cc3o2)cc1. The Morgan fingerprint density at radius 1 is 0.833 bits per heavy atom. The molecule has 14 heteroatoms. The Hall–Kier alpha value is -3.31. The van der Waals surface area contributed by atoms with Crippen LogP contribution in [0.15, 0.2) is 51.7 Å². The Balaban J connectivity index is 1.47. The maximum Gasteiger partial charge on any atom is 0.229 e. The van der Waals surface area contributed by atoms with E-state index in [0.29, 0.717) is 11.3 Å². The van der Waals surface area contributed by atoms with Crippen molar-refractivity contribution in [3.63, 3.8) is 0 Å². The van der Waals surface area contributed by atoms with Gasteiger partial charge in [-0.1, -0.05) is 0 Å². The quantitative estimate of drug-likeness (QED) is 0.179. The number of aliphatic hydroxyl groups excluding tert-OH is 6. The van der Waals surface area contributed by atoms with Crippen LogP contribution in [0.4, 0.5) is 0 Å². The van der Waals surface area contributed by atoms with Crippen molar-refractivity contribution in [1.82, 2.24) is 0 Å². The molecule has 2 aromatic carbocycles. The van der Waals surface area contributed by atoms with Crippen LogP contribution in [0.2, 0.25) is 0 Å². The van der Waals surface area contributed by atoms with E-state index >= 15 is 0 Å². The molecule has 3 aromatic rings. The van der Waals surface area contributed by atoms with Gasteiger partial charge in [-0.2, -0.15) is 0 Å². The van der Waals surface area contributed by atoms with Crippen molar-refractivity contribution in [1.29, 1.82) is 0 Å². The summed E-state index contributed by atoms with van der Waals surface area (Å²) >= 11 is 0. The van der Waals surface area contributed by atoms with Gasteiger partial charge >= 0.3 is 0 Å². The zero-order chi connectivity index (χ0) is 30.3. The molecule has 5 rings (SSSR count). The lowest BCUT2D eigenvalue weighted by Gasteiger charge is -2.45. The van der Waals surface area contributed by atoms with Gasteiger partial charge in [0.25, 0.3) is 0 Å². The van der Waals surface area contributed by atoms with Gasteiger partial charge in [-0.05, 0) is 31.2 Å². The minimum Gasteiger partial charge on any atom is -0.507 e. The number of benzene rings is 2. The standard InChI is InChI=1S/C28H32O14/c1-11-21(32)23(34)25(36)27(38-11)42-26-24(35)22(33)19(10-29)41-28(26)39-14-7-15(30)20-16(31)9-17(40-18(20)8-14)12-3-5-13(37-2)6-4-12/h3-9,11,19,21-30,32-36H,10H2,1-2H3/t11-,19-,21+,22-,23+,24+,25-,26+,27+,28-/m1/s1. The summed E-state index contributed by atoms with van der Waals surface area (Å²) in [6, 6.07) is 10.4. The molecule has 0 aliphatic carbocycles. The van der Waals surface area contributed by atoms with Crippen LogP contribution in [0.5, 0.6) is 17.2 Å². The van der Waals surface area contributed by atoms with Crippen LogP contribution in [0.25, 0.3) is 22.3 Å². The number of aliphatic hydroxyl groups is 6. The first-order valence-electron chi connectivity index (χ1n) is 13.1. The summed E-state index contributed by atoms with van der Waals surface area (Å²) in [4.78, 5) is 12.9. The van der Waals surface area contributed by atoms with Gasteiger partial charge in [-0.3, -0.25) is 4.79 Å². The fraction of sp³-hybridized carbons (Fsp3) is 0.464. The van der Waals surface area contributed by atoms with Crippen molar-refractivity contribution in [2.75, 3.05) is 13.7 Å². The second-order valence-electron chi connectivity index (χ2n) is 10.1.